The molecule has 0 bridgehead atoms. The first-order valence-electron chi connectivity index (χ1n) is 11.2. The van der Waals surface area contributed by atoms with Crippen LogP contribution in [0.2, 0.25) is 0 Å². The van der Waals surface area contributed by atoms with Crippen LogP contribution >= 0.6 is 0 Å². The first-order chi connectivity index (χ1) is 16.6. The Morgan fingerprint density at radius 2 is 2.00 bits per heavy atom. The molecule has 8 nitrogen and oxygen atoms in total. The van der Waals surface area contributed by atoms with Crippen LogP contribution in [0.3, 0.4) is 0 Å². The fraction of sp³-hybridized carbons (Fsp3) is 0.231. The fourth-order valence-corrected chi connectivity index (χ4v) is 4.23. The number of ether oxygens (including phenoxy) is 1. The number of pyridine rings is 2. The topological polar surface area (TPSA) is 102 Å². The number of anilines is 1. The van der Waals surface area contributed by atoms with Crippen LogP contribution < -0.4 is 10.1 Å². The average Bonchev–Trinajstić information content (AvgIpc) is 3.37. The van der Waals surface area contributed by atoms with Gasteiger partial charge >= 0.3 is 5.97 Å². The van der Waals surface area contributed by atoms with E-state index in [2.05, 4.69) is 28.5 Å². The number of rotatable bonds is 7. The summed E-state index contributed by atoms with van der Waals surface area (Å²) in [6.45, 7) is 0.947. The monoisotopic (exact) mass is 455 g/mol. The molecule has 0 saturated heterocycles. The van der Waals surface area contributed by atoms with Crippen LogP contribution in [0.5, 0.6) is 5.88 Å². The van der Waals surface area contributed by atoms with E-state index < -0.39 is 12.0 Å². The third-order valence-electron chi connectivity index (χ3n) is 6.00. The first-order valence-corrected chi connectivity index (χ1v) is 11.2. The Morgan fingerprint density at radius 3 is 2.76 bits per heavy atom. The molecule has 0 radical (unpaired) electrons. The molecule has 0 spiro atoms. The van der Waals surface area contributed by atoms with Gasteiger partial charge in [0.25, 0.3) is 0 Å². The zero-order valence-corrected chi connectivity index (χ0v) is 18.8. The molecule has 1 aliphatic rings. The van der Waals surface area contributed by atoms with Gasteiger partial charge in [-0.3, -0.25) is 9.48 Å². The van der Waals surface area contributed by atoms with E-state index >= 15 is 0 Å². The molecular weight excluding hydrogens is 430 g/mol. The third-order valence-corrected chi connectivity index (χ3v) is 6.00. The van der Waals surface area contributed by atoms with Crippen LogP contribution in [0, 0.1) is 0 Å². The summed E-state index contributed by atoms with van der Waals surface area (Å²) in [4.78, 5) is 20.6. The number of benzene rings is 1. The highest BCUT2D eigenvalue weighted by Crippen LogP contribution is 2.29. The number of nitrogens with zero attached hydrogens (tertiary/aromatic N) is 4. The molecule has 34 heavy (non-hydrogen) atoms. The van der Waals surface area contributed by atoms with Gasteiger partial charge in [0.15, 0.2) is 0 Å². The van der Waals surface area contributed by atoms with Crippen molar-refractivity contribution in [3.8, 4) is 28.4 Å². The maximum absolute atomic E-state index is 11.6. The summed E-state index contributed by atoms with van der Waals surface area (Å²) in [5.74, 6) is 0.525. The predicted octanol–water partition coefficient (Wildman–Crippen LogP) is 4.44. The van der Waals surface area contributed by atoms with Crippen LogP contribution in [0.15, 0.2) is 67.0 Å². The molecule has 1 unspecified atom stereocenters. The lowest BCUT2D eigenvalue weighted by Gasteiger charge is -2.17. The molecule has 0 aliphatic carbocycles. The minimum absolute atomic E-state index is 0.110. The van der Waals surface area contributed by atoms with E-state index in [-0.39, 0.29) is 6.42 Å². The van der Waals surface area contributed by atoms with Crippen molar-refractivity contribution in [3.05, 3.63) is 78.1 Å². The maximum Gasteiger partial charge on any atom is 0.305 e. The summed E-state index contributed by atoms with van der Waals surface area (Å²) in [6.07, 6.45) is 5.50. The normalized spacial score (nSPS) is 13.6. The van der Waals surface area contributed by atoms with Gasteiger partial charge in [0.05, 0.1) is 31.0 Å². The molecule has 4 heterocycles. The van der Waals surface area contributed by atoms with Gasteiger partial charge in [0.1, 0.15) is 5.82 Å². The van der Waals surface area contributed by atoms with Crippen LogP contribution in [0.25, 0.3) is 22.5 Å². The summed E-state index contributed by atoms with van der Waals surface area (Å²) in [5.41, 5.74) is 5.60. The maximum atomic E-state index is 11.6. The minimum Gasteiger partial charge on any atom is -0.481 e. The van der Waals surface area contributed by atoms with E-state index in [0.717, 1.165) is 53.3 Å². The van der Waals surface area contributed by atoms with E-state index in [1.807, 2.05) is 30.3 Å². The second-order valence-electron chi connectivity index (χ2n) is 8.24. The van der Waals surface area contributed by atoms with Gasteiger partial charge in [-0.05, 0) is 48.2 Å². The summed E-state index contributed by atoms with van der Waals surface area (Å²) >= 11 is 0. The molecule has 0 amide bonds. The summed E-state index contributed by atoms with van der Waals surface area (Å²) in [6, 6.07) is 17.2. The second-order valence-corrected chi connectivity index (χ2v) is 8.24. The van der Waals surface area contributed by atoms with Crippen molar-refractivity contribution in [2.75, 3.05) is 19.0 Å². The molecule has 2 N–H and O–H groups in total. The lowest BCUT2D eigenvalue weighted by atomic mass is 10.0. The number of fused-ring (bicyclic) bond motifs is 1. The largest absolute Gasteiger partial charge is 0.481 e. The van der Waals surface area contributed by atoms with Gasteiger partial charge in [-0.1, -0.05) is 24.3 Å². The Bertz CT molecular complexity index is 1320. The highest BCUT2D eigenvalue weighted by Gasteiger charge is 2.20. The summed E-state index contributed by atoms with van der Waals surface area (Å²) < 4.78 is 6.80. The van der Waals surface area contributed by atoms with Gasteiger partial charge in [-0.15, -0.1) is 0 Å². The van der Waals surface area contributed by atoms with Crippen molar-refractivity contribution in [3.63, 3.8) is 0 Å². The Hall–Kier alpha value is -4.20. The number of carbonyl (C=O) groups is 1. The number of aliphatic carboxylic acids is 1. The number of carboxylic acid groups (broad SMARTS) is 1. The lowest BCUT2D eigenvalue weighted by Crippen LogP contribution is -2.16. The Labute approximate surface area is 197 Å². The number of aromatic nitrogens is 4. The molecule has 172 valence electrons. The van der Waals surface area contributed by atoms with E-state index in [9.17, 15) is 9.90 Å². The Kier molecular flexibility index (Phi) is 5.95. The Balaban J connectivity index is 1.45. The number of aryl methyl sites for hydroxylation is 1. The van der Waals surface area contributed by atoms with Gasteiger partial charge in [0.2, 0.25) is 5.88 Å². The van der Waals surface area contributed by atoms with Gasteiger partial charge in [0, 0.05) is 36.1 Å². The van der Waals surface area contributed by atoms with E-state index in [1.54, 1.807) is 30.3 Å². The highest BCUT2D eigenvalue weighted by molar-refractivity contribution is 5.71. The van der Waals surface area contributed by atoms with Crippen LogP contribution in [-0.4, -0.2) is 44.5 Å². The minimum atomic E-state index is -0.910. The third kappa shape index (κ3) is 4.47. The molecule has 4 aromatic rings. The number of nitrogens with one attached hydrogen (secondary N) is 1. The smallest absolute Gasteiger partial charge is 0.305 e. The standard InChI is InChI=1S/C26H25N5O3/c1-34-24-10-8-20(16-28-24)23(15-25(32)33)31-13-11-22(30-31)19-5-2-4-18(14-19)21-9-7-17-6-3-12-27-26(17)29-21/h2,4-5,7-11,13-14,16,23H,3,6,12,15H2,1H3,(H,27,29)(H,32,33). The van der Waals surface area contributed by atoms with Gasteiger partial charge in [-0.25, -0.2) is 9.97 Å². The molecule has 8 heteroatoms. The number of methoxy groups -OCH3 is 1. The van der Waals surface area contributed by atoms with Crippen molar-refractivity contribution in [2.45, 2.75) is 25.3 Å². The Morgan fingerprint density at radius 1 is 1.15 bits per heavy atom. The summed E-state index contributed by atoms with van der Waals surface area (Å²) in [5, 5.41) is 17.6. The van der Waals surface area contributed by atoms with E-state index in [1.165, 1.54) is 5.56 Å². The molecule has 3 aromatic heterocycles. The first kappa shape index (κ1) is 21.6. The molecule has 5 rings (SSSR count). The van der Waals surface area contributed by atoms with Crippen molar-refractivity contribution >= 4 is 11.8 Å². The SMILES string of the molecule is COc1ccc(C(CC(=O)O)n2ccc(-c3cccc(-c4ccc5c(n4)NCCC5)c3)n2)cn1. The number of hydrogen-bond donors (Lipinski definition) is 2. The van der Waals surface area contributed by atoms with Crippen molar-refractivity contribution in [2.24, 2.45) is 0 Å². The van der Waals surface area contributed by atoms with Crippen molar-refractivity contribution < 1.29 is 14.6 Å². The molecule has 1 aliphatic heterocycles. The van der Waals surface area contributed by atoms with E-state index in [4.69, 9.17) is 14.8 Å². The molecule has 0 saturated carbocycles. The van der Waals surface area contributed by atoms with Gasteiger partial charge in [-0.2, -0.15) is 5.10 Å². The average molecular weight is 456 g/mol. The number of carboxylic acids is 1. The second kappa shape index (κ2) is 9.35. The summed E-state index contributed by atoms with van der Waals surface area (Å²) in [7, 11) is 1.54. The predicted molar refractivity (Wildman–Crippen MR) is 129 cm³/mol. The molecule has 0 fully saturated rings. The molecule has 1 aromatic carbocycles. The zero-order valence-electron chi connectivity index (χ0n) is 18.8. The molecule has 1 atom stereocenters. The van der Waals surface area contributed by atoms with Gasteiger partial charge < -0.3 is 15.2 Å². The zero-order chi connectivity index (χ0) is 23.5. The van der Waals surface area contributed by atoms with Crippen LogP contribution in [0.4, 0.5) is 5.82 Å². The van der Waals surface area contributed by atoms with Crippen LogP contribution in [-0.2, 0) is 11.2 Å². The van der Waals surface area contributed by atoms with E-state index in [0.29, 0.717) is 5.88 Å². The quantitative estimate of drug-likeness (QED) is 0.425. The van der Waals surface area contributed by atoms with Crippen LogP contribution in [0.1, 0.15) is 30.0 Å². The highest BCUT2D eigenvalue weighted by atomic mass is 16.5. The fourth-order valence-electron chi connectivity index (χ4n) is 4.23. The molecular formula is C26H25N5O3. The van der Waals surface area contributed by atoms with Crippen molar-refractivity contribution in [1.82, 2.24) is 19.7 Å². The lowest BCUT2D eigenvalue weighted by molar-refractivity contribution is -0.137. The van der Waals surface area contributed by atoms with Crippen molar-refractivity contribution in [1.29, 1.82) is 0 Å². The number of hydrogen-bond acceptors (Lipinski definition) is 6.